The summed E-state index contributed by atoms with van der Waals surface area (Å²) in [5, 5.41) is 0. The molecule has 16 heavy (non-hydrogen) atoms. The van der Waals surface area contributed by atoms with Crippen molar-refractivity contribution in [1.82, 2.24) is 0 Å². The number of aliphatic imine (C=N–C) groups is 1. The van der Waals surface area contributed by atoms with Gasteiger partial charge in [-0.25, -0.2) is 0 Å². The Hall–Kier alpha value is -0.330. The fourth-order valence-corrected chi connectivity index (χ4v) is 7.55. The highest BCUT2D eigenvalue weighted by atomic mass is 15.1. The van der Waals surface area contributed by atoms with Crippen LogP contribution in [0, 0.1) is 52.8 Å². The van der Waals surface area contributed by atoms with E-state index in [9.17, 15) is 0 Å². The van der Waals surface area contributed by atoms with Gasteiger partial charge >= 0.3 is 0 Å². The monoisotopic (exact) mass is 213 g/mol. The molecule has 84 valence electrons. The van der Waals surface area contributed by atoms with E-state index in [0.29, 0.717) is 0 Å². The Morgan fingerprint density at radius 3 is 2.88 bits per heavy atom. The summed E-state index contributed by atoms with van der Waals surface area (Å²) >= 11 is 0. The lowest BCUT2D eigenvalue weighted by molar-refractivity contribution is 0.0896. The smallest absolute Gasteiger partial charge is 0.0551 e. The maximum atomic E-state index is 4.93. The molecule has 0 saturated heterocycles. The Labute approximate surface area is 96.7 Å². The maximum Gasteiger partial charge on any atom is 0.0551 e. The first-order chi connectivity index (χ1) is 7.66. The first-order valence-corrected chi connectivity index (χ1v) is 7.21. The van der Waals surface area contributed by atoms with Crippen molar-refractivity contribution in [2.75, 3.05) is 0 Å². The van der Waals surface area contributed by atoms with E-state index in [0.717, 1.165) is 29.1 Å². The summed E-state index contributed by atoms with van der Waals surface area (Å²) in [5.41, 5.74) is 1.20. The molecule has 5 saturated carbocycles. The molecule has 0 amide bonds. The predicted octanol–water partition coefficient (Wildman–Crippen LogP) is 2.61. The van der Waals surface area contributed by atoms with Crippen LogP contribution in [0.3, 0.4) is 0 Å². The number of hydrogen-bond donors (Lipinski definition) is 0. The minimum absolute atomic E-state index is 0.242. The molecule has 0 bridgehead atoms. The van der Waals surface area contributed by atoms with Crippen molar-refractivity contribution in [3.8, 4) is 0 Å². The van der Waals surface area contributed by atoms with Crippen molar-refractivity contribution in [2.45, 2.75) is 32.2 Å². The molecule has 0 N–H and O–H groups in total. The van der Waals surface area contributed by atoms with Crippen LogP contribution < -0.4 is 0 Å². The van der Waals surface area contributed by atoms with Gasteiger partial charge in [-0.15, -0.1) is 0 Å². The third-order valence-corrected chi connectivity index (χ3v) is 7.54. The largest absolute Gasteiger partial charge is 0.291 e. The van der Waals surface area contributed by atoms with Gasteiger partial charge in [-0.1, -0.05) is 0 Å². The van der Waals surface area contributed by atoms with Crippen molar-refractivity contribution in [3.05, 3.63) is 0 Å². The molecule has 0 radical (unpaired) electrons. The zero-order chi connectivity index (χ0) is 10.4. The van der Waals surface area contributed by atoms with Crippen LogP contribution in [0.5, 0.6) is 0 Å². The molecular weight excluding hydrogens is 194 g/mol. The third kappa shape index (κ3) is 0.494. The van der Waals surface area contributed by atoms with E-state index >= 15 is 0 Å². The SMILES string of the molecule is CC1(C)CC2CC3C4C2C(C=N1)[C@@H]1C2C3C421. The van der Waals surface area contributed by atoms with E-state index < -0.39 is 0 Å². The molecule has 5 fully saturated rings. The van der Waals surface area contributed by atoms with E-state index in [-0.39, 0.29) is 5.54 Å². The highest BCUT2D eigenvalue weighted by molar-refractivity contribution is 5.70. The summed E-state index contributed by atoms with van der Waals surface area (Å²) in [6.07, 6.45) is 5.38. The number of nitrogens with zero attached hydrogens (tertiary/aromatic N) is 1. The minimum Gasteiger partial charge on any atom is -0.291 e. The molecule has 1 heteroatoms. The summed E-state index contributed by atoms with van der Waals surface area (Å²) in [4.78, 5) is 4.93. The Balaban J connectivity index is 1.55. The lowest BCUT2D eigenvalue weighted by Gasteiger charge is -2.37. The van der Waals surface area contributed by atoms with Crippen LogP contribution in [0.2, 0.25) is 0 Å². The topological polar surface area (TPSA) is 12.4 Å². The summed E-state index contributed by atoms with van der Waals surface area (Å²) < 4.78 is 0. The van der Waals surface area contributed by atoms with Crippen LogP contribution in [-0.4, -0.2) is 11.8 Å². The summed E-state index contributed by atoms with van der Waals surface area (Å²) in [7, 11) is 0. The van der Waals surface area contributed by atoms with Crippen molar-refractivity contribution in [3.63, 3.8) is 0 Å². The Morgan fingerprint density at radius 1 is 1.12 bits per heavy atom. The number of rotatable bonds is 0. The molecule has 1 nitrogen and oxygen atoms in total. The van der Waals surface area contributed by atoms with Gasteiger partial charge < -0.3 is 0 Å². The summed E-state index contributed by atoms with van der Waals surface area (Å²) in [6.45, 7) is 4.69. The van der Waals surface area contributed by atoms with Crippen molar-refractivity contribution >= 4 is 6.21 Å². The van der Waals surface area contributed by atoms with Crippen LogP contribution in [-0.2, 0) is 0 Å². The normalized spacial score (nSPS) is 77.4. The molecule has 0 aromatic heterocycles. The van der Waals surface area contributed by atoms with Gasteiger partial charge in [0.25, 0.3) is 0 Å². The van der Waals surface area contributed by atoms with Crippen molar-refractivity contribution in [1.29, 1.82) is 0 Å². The van der Waals surface area contributed by atoms with Gasteiger partial charge in [-0.3, -0.25) is 4.99 Å². The van der Waals surface area contributed by atoms with E-state index in [1.807, 2.05) is 0 Å². The van der Waals surface area contributed by atoms with Crippen LogP contribution in [0.15, 0.2) is 4.99 Å². The average Bonchev–Trinajstić information content (AvgIpc) is 2.95. The van der Waals surface area contributed by atoms with Gasteiger partial charge in [0.15, 0.2) is 0 Å². The molecule has 5 aliphatic carbocycles. The first kappa shape index (κ1) is 7.89. The highest BCUT2D eigenvalue weighted by Crippen LogP contribution is 3.05. The van der Waals surface area contributed by atoms with Crippen LogP contribution >= 0.6 is 0 Å². The number of hydrogen-bond acceptors (Lipinski definition) is 1. The quantitative estimate of drug-likeness (QED) is 0.586. The maximum absolute atomic E-state index is 4.93. The Bertz CT molecular complexity index is 464. The molecule has 9 atom stereocenters. The zero-order valence-electron chi connectivity index (χ0n) is 10.1. The van der Waals surface area contributed by atoms with Gasteiger partial charge in [-0.2, -0.15) is 0 Å². The standard InChI is InChI=1S/C15H19N/c1-14(2)4-6-3-7-10-9(6)8(5-16-14)12-13-11(7)15(10,12)13/h5-13H,3-4H2,1-2H3/t6?,7?,8?,9?,10?,11?,12-,13?,15?/m1/s1. The van der Waals surface area contributed by atoms with Crippen LogP contribution in [0.1, 0.15) is 26.7 Å². The molecule has 6 aliphatic rings. The minimum atomic E-state index is 0.242. The van der Waals surface area contributed by atoms with E-state index in [1.54, 1.807) is 6.42 Å². The third-order valence-electron chi connectivity index (χ3n) is 7.54. The molecule has 8 unspecified atom stereocenters. The second kappa shape index (κ2) is 1.74. The second-order valence-corrected chi connectivity index (χ2v) is 8.21. The van der Waals surface area contributed by atoms with E-state index in [4.69, 9.17) is 4.99 Å². The molecule has 0 aromatic carbocycles. The molecular formula is C15H19N. The van der Waals surface area contributed by atoms with E-state index in [1.165, 1.54) is 30.1 Å². The van der Waals surface area contributed by atoms with Gasteiger partial charge in [0.1, 0.15) is 0 Å². The molecule has 1 spiro atoms. The van der Waals surface area contributed by atoms with Crippen molar-refractivity contribution in [2.24, 2.45) is 57.8 Å². The molecule has 0 aromatic rings. The van der Waals surface area contributed by atoms with Gasteiger partial charge in [0, 0.05) is 12.1 Å². The first-order valence-electron chi connectivity index (χ1n) is 7.21. The summed E-state index contributed by atoms with van der Waals surface area (Å²) in [6, 6.07) is 0. The van der Waals surface area contributed by atoms with Crippen LogP contribution in [0.25, 0.3) is 0 Å². The van der Waals surface area contributed by atoms with Crippen molar-refractivity contribution < 1.29 is 0 Å². The fraction of sp³-hybridized carbons (Fsp3) is 0.933. The van der Waals surface area contributed by atoms with Gasteiger partial charge in [0.2, 0.25) is 0 Å². The highest BCUT2D eigenvalue weighted by Gasteiger charge is 3.03. The fourth-order valence-electron chi connectivity index (χ4n) is 7.55. The van der Waals surface area contributed by atoms with Crippen LogP contribution in [0.4, 0.5) is 0 Å². The molecule has 6 rings (SSSR count). The average molecular weight is 213 g/mol. The summed E-state index contributed by atoms with van der Waals surface area (Å²) in [5.74, 6) is 8.97. The van der Waals surface area contributed by atoms with Gasteiger partial charge in [0.05, 0.1) is 5.54 Å². The zero-order valence-corrected chi connectivity index (χ0v) is 10.1. The number of fused-ring (bicyclic) bond motifs is 4. The van der Waals surface area contributed by atoms with Gasteiger partial charge in [-0.05, 0) is 73.5 Å². The molecule has 1 heterocycles. The lowest BCUT2D eigenvalue weighted by atomic mass is 9.66. The molecule has 1 aliphatic heterocycles. The Morgan fingerprint density at radius 2 is 2.00 bits per heavy atom. The van der Waals surface area contributed by atoms with E-state index in [2.05, 4.69) is 20.1 Å². The Kier molecular flexibility index (Phi) is 0.859. The predicted molar refractivity (Wildman–Crippen MR) is 62.2 cm³/mol. The lowest BCUT2D eigenvalue weighted by Crippen LogP contribution is -2.34. The second-order valence-electron chi connectivity index (χ2n) is 8.21.